The quantitative estimate of drug-likeness (QED) is 0.846. The van der Waals surface area contributed by atoms with Crippen LogP contribution in [0.15, 0.2) is 24.3 Å². The Morgan fingerprint density at radius 3 is 3.05 bits per heavy atom. The first-order valence-corrected chi connectivity index (χ1v) is 7.77. The predicted molar refractivity (Wildman–Crippen MR) is 82.3 cm³/mol. The van der Waals surface area contributed by atoms with Crippen LogP contribution >= 0.6 is 0 Å². The largest absolute Gasteiger partial charge is 0.493 e. The second-order valence-corrected chi connectivity index (χ2v) is 5.91. The molecule has 0 saturated heterocycles. The number of hydrogen-bond acceptors (Lipinski definition) is 3. The van der Waals surface area contributed by atoms with E-state index in [4.69, 9.17) is 4.74 Å². The fourth-order valence-electron chi connectivity index (χ4n) is 2.76. The van der Waals surface area contributed by atoms with Crippen molar-refractivity contribution in [2.75, 3.05) is 13.2 Å². The molecule has 1 aromatic carbocycles. The molecule has 1 saturated carbocycles. The molecule has 2 N–H and O–H groups in total. The number of carbonyl (C=O) groups is 1. The van der Waals surface area contributed by atoms with Gasteiger partial charge in [0.1, 0.15) is 5.75 Å². The number of aryl methyl sites for hydroxylation is 1. The van der Waals surface area contributed by atoms with Crippen molar-refractivity contribution < 1.29 is 14.6 Å². The number of amides is 1. The van der Waals surface area contributed by atoms with Gasteiger partial charge in [-0.05, 0) is 49.8 Å². The Kier molecular flexibility index (Phi) is 6.05. The first-order valence-electron chi connectivity index (χ1n) is 7.77. The SMILES string of the molecule is Cc1cccc(OCCC(=O)NCC2CCCC(O)C2)c1. The molecule has 0 aliphatic heterocycles. The molecular formula is C17H25NO3. The van der Waals surface area contributed by atoms with Crippen molar-refractivity contribution in [3.05, 3.63) is 29.8 Å². The molecule has 1 fully saturated rings. The highest BCUT2D eigenvalue weighted by molar-refractivity contribution is 5.75. The third kappa shape index (κ3) is 5.76. The minimum absolute atomic E-state index is 0.0164. The molecule has 1 aromatic rings. The van der Waals surface area contributed by atoms with E-state index in [0.717, 1.165) is 37.0 Å². The van der Waals surface area contributed by atoms with E-state index >= 15 is 0 Å². The van der Waals surface area contributed by atoms with Crippen molar-refractivity contribution in [3.8, 4) is 5.75 Å². The fourth-order valence-corrected chi connectivity index (χ4v) is 2.76. The zero-order valence-electron chi connectivity index (χ0n) is 12.7. The lowest BCUT2D eigenvalue weighted by molar-refractivity contribution is -0.121. The molecule has 4 nitrogen and oxygen atoms in total. The van der Waals surface area contributed by atoms with Crippen LogP contribution in [0.2, 0.25) is 0 Å². The van der Waals surface area contributed by atoms with Crippen molar-refractivity contribution in [1.29, 1.82) is 0 Å². The van der Waals surface area contributed by atoms with Crippen LogP contribution in [0.1, 0.15) is 37.7 Å². The Bertz CT molecular complexity index is 461. The van der Waals surface area contributed by atoms with Crippen LogP contribution in [0.3, 0.4) is 0 Å². The molecule has 0 heterocycles. The molecule has 0 radical (unpaired) electrons. The van der Waals surface area contributed by atoms with E-state index in [-0.39, 0.29) is 12.0 Å². The van der Waals surface area contributed by atoms with Crippen LogP contribution in [0.5, 0.6) is 5.75 Å². The molecule has 1 aliphatic rings. The van der Waals surface area contributed by atoms with E-state index in [0.29, 0.717) is 25.5 Å². The summed E-state index contributed by atoms with van der Waals surface area (Å²) < 4.78 is 5.57. The number of hydrogen-bond donors (Lipinski definition) is 2. The highest BCUT2D eigenvalue weighted by atomic mass is 16.5. The third-order valence-corrected chi connectivity index (χ3v) is 3.93. The number of ether oxygens (including phenoxy) is 1. The predicted octanol–water partition coefficient (Wildman–Crippen LogP) is 2.43. The Hall–Kier alpha value is -1.55. The molecule has 2 rings (SSSR count). The van der Waals surface area contributed by atoms with Crippen LogP contribution in [0.4, 0.5) is 0 Å². The van der Waals surface area contributed by atoms with Gasteiger partial charge in [-0.25, -0.2) is 0 Å². The molecule has 2 unspecified atom stereocenters. The van der Waals surface area contributed by atoms with E-state index in [9.17, 15) is 9.90 Å². The number of benzene rings is 1. The summed E-state index contributed by atoms with van der Waals surface area (Å²) in [5.41, 5.74) is 1.15. The van der Waals surface area contributed by atoms with Gasteiger partial charge in [0.25, 0.3) is 0 Å². The third-order valence-electron chi connectivity index (χ3n) is 3.93. The van der Waals surface area contributed by atoms with Crippen molar-refractivity contribution in [1.82, 2.24) is 5.32 Å². The van der Waals surface area contributed by atoms with Gasteiger partial charge in [-0.3, -0.25) is 4.79 Å². The van der Waals surface area contributed by atoms with Crippen LogP contribution in [0, 0.1) is 12.8 Å². The Morgan fingerprint density at radius 1 is 1.43 bits per heavy atom. The van der Waals surface area contributed by atoms with Gasteiger partial charge >= 0.3 is 0 Å². The summed E-state index contributed by atoms with van der Waals surface area (Å²) in [7, 11) is 0. The summed E-state index contributed by atoms with van der Waals surface area (Å²) in [5.74, 6) is 1.23. The maximum atomic E-state index is 11.8. The van der Waals surface area contributed by atoms with Gasteiger partial charge < -0.3 is 15.2 Å². The van der Waals surface area contributed by atoms with Gasteiger partial charge in [0.15, 0.2) is 0 Å². The fraction of sp³-hybridized carbons (Fsp3) is 0.588. The lowest BCUT2D eigenvalue weighted by Crippen LogP contribution is -2.33. The van der Waals surface area contributed by atoms with E-state index in [1.54, 1.807) is 0 Å². The van der Waals surface area contributed by atoms with Crippen molar-refractivity contribution >= 4 is 5.91 Å². The Balaban J connectivity index is 1.61. The van der Waals surface area contributed by atoms with Gasteiger partial charge in [-0.2, -0.15) is 0 Å². The molecule has 0 bridgehead atoms. The summed E-state index contributed by atoms with van der Waals surface area (Å²) in [4.78, 5) is 11.8. The molecule has 0 spiro atoms. The lowest BCUT2D eigenvalue weighted by Gasteiger charge is -2.25. The number of aliphatic hydroxyl groups excluding tert-OH is 1. The van der Waals surface area contributed by atoms with Crippen molar-refractivity contribution in [3.63, 3.8) is 0 Å². The van der Waals surface area contributed by atoms with Crippen LogP contribution in [0.25, 0.3) is 0 Å². The Labute approximate surface area is 126 Å². The molecule has 4 heteroatoms. The zero-order valence-corrected chi connectivity index (χ0v) is 12.7. The second kappa shape index (κ2) is 8.03. The lowest BCUT2D eigenvalue weighted by atomic mass is 9.87. The molecule has 1 amide bonds. The summed E-state index contributed by atoms with van der Waals surface area (Å²) in [6, 6.07) is 7.81. The van der Waals surface area contributed by atoms with Gasteiger partial charge in [0.05, 0.1) is 19.1 Å². The van der Waals surface area contributed by atoms with Crippen molar-refractivity contribution in [2.45, 2.75) is 45.1 Å². The maximum Gasteiger partial charge on any atom is 0.223 e. The van der Waals surface area contributed by atoms with Gasteiger partial charge in [-0.1, -0.05) is 18.6 Å². The average Bonchev–Trinajstić information content (AvgIpc) is 2.45. The Morgan fingerprint density at radius 2 is 2.29 bits per heavy atom. The number of carbonyl (C=O) groups excluding carboxylic acids is 1. The molecule has 116 valence electrons. The van der Waals surface area contributed by atoms with Gasteiger partial charge in [0, 0.05) is 6.54 Å². The van der Waals surface area contributed by atoms with E-state index in [2.05, 4.69) is 5.32 Å². The van der Waals surface area contributed by atoms with Crippen LogP contribution < -0.4 is 10.1 Å². The first kappa shape index (κ1) is 15.8. The summed E-state index contributed by atoms with van der Waals surface area (Å²) >= 11 is 0. The van der Waals surface area contributed by atoms with Gasteiger partial charge in [0.2, 0.25) is 5.91 Å². The van der Waals surface area contributed by atoms with Crippen LogP contribution in [-0.4, -0.2) is 30.3 Å². The number of nitrogens with one attached hydrogen (secondary N) is 1. The minimum atomic E-state index is -0.190. The molecule has 21 heavy (non-hydrogen) atoms. The van der Waals surface area contributed by atoms with E-state index in [1.807, 2.05) is 31.2 Å². The minimum Gasteiger partial charge on any atom is -0.493 e. The normalized spacial score (nSPS) is 21.8. The van der Waals surface area contributed by atoms with Crippen LogP contribution in [-0.2, 0) is 4.79 Å². The molecule has 1 aliphatic carbocycles. The first-order chi connectivity index (χ1) is 10.1. The molecular weight excluding hydrogens is 266 g/mol. The van der Waals surface area contributed by atoms with Gasteiger partial charge in [-0.15, -0.1) is 0 Å². The molecule has 0 aromatic heterocycles. The topological polar surface area (TPSA) is 58.6 Å². The molecule has 2 atom stereocenters. The second-order valence-electron chi connectivity index (χ2n) is 5.91. The number of aliphatic hydroxyl groups is 1. The highest BCUT2D eigenvalue weighted by Gasteiger charge is 2.20. The smallest absolute Gasteiger partial charge is 0.223 e. The number of rotatable bonds is 6. The van der Waals surface area contributed by atoms with E-state index in [1.165, 1.54) is 0 Å². The highest BCUT2D eigenvalue weighted by Crippen LogP contribution is 2.23. The monoisotopic (exact) mass is 291 g/mol. The zero-order chi connectivity index (χ0) is 15.1. The van der Waals surface area contributed by atoms with E-state index < -0.39 is 0 Å². The summed E-state index contributed by atoms with van der Waals surface area (Å²) in [5, 5.41) is 12.5. The standard InChI is InChI=1S/C17H25NO3/c1-13-4-2-7-16(10-13)21-9-8-17(20)18-12-14-5-3-6-15(19)11-14/h2,4,7,10,14-15,19H,3,5-6,8-9,11-12H2,1H3,(H,18,20). The average molecular weight is 291 g/mol. The maximum absolute atomic E-state index is 11.8. The van der Waals surface area contributed by atoms with Crippen molar-refractivity contribution in [2.24, 2.45) is 5.92 Å². The summed E-state index contributed by atoms with van der Waals surface area (Å²) in [6.07, 6.45) is 4.03. The summed E-state index contributed by atoms with van der Waals surface area (Å²) in [6.45, 7) is 3.07.